The predicted octanol–water partition coefficient (Wildman–Crippen LogP) is 3.78. The molecule has 0 saturated carbocycles. The van der Waals surface area contributed by atoms with E-state index in [0.29, 0.717) is 41.5 Å². The number of hydrogen-bond donors (Lipinski definition) is 1. The summed E-state index contributed by atoms with van der Waals surface area (Å²) in [5.74, 6) is 0.576. The molecule has 32 heavy (non-hydrogen) atoms. The zero-order chi connectivity index (χ0) is 23.3. The van der Waals surface area contributed by atoms with E-state index in [-0.39, 0.29) is 24.2 Å². The highest BCUT2D eigenvalue weighted by molar-refractivity contribution is 7.88. The number of benzene rings is 2. The second kappa shape index (κ2) is 10.6. The van der Waals surface area contributed by atoms with Crippen molar-refractivity contribution in [3.8, 4) is 11.5 Å². The molecule has 7 nitrogen and oxygen atoms in total. The van der Waals surface area contributed by atoms with E-state index in [1.54, 1.807) is 50.6 Å². The van der Waals surface area contributed by atoms with Gasteiger partial charge in [0.05, 0.1) is 31.9 Å². The average Bonchev–Trinajstić information content (AvgIpc) is 2.78. The van der Waals surface area contributed by atoms with Gasteiger partial charge in [0.15, 0.2) is 0 Å². The lowest BCUT2D eigenvalue weighted by Crippen LogP contribution is -2.46. The Labute approximate surface area is 194 Å². The molecule has 0 bridgehead atoms. The molecule has 0 aromatic heterocycles. The van der Waals surface area contributed by atoms with E-state index in [1.165, 1.54) is 4.31 Å². The Morgan fingerprint density at radius 1 is 1.22 bits per heavy atom. The highest BCUT2D eigenvalue weighted by atomic mass is 35.5. The Morgan fingerprint density at radius 3 is 2.69 bits per heavy atom. The first-order valence-corrected chi connectivity index (χ1v) is 12.5. The summed E-state index contributed by atoms with van der Waals surface area (Å²) in [6.07, 6.45) is 1.26. The first-order chi connectivity index (χ1) is 15.2. The third-order valence-corrected chi connectivity index (χ3v) is 7.70. The van der Waals surface area contributed by atoms with Gasteiger partial charge in [0.2, 0.25) is 15.9 Å². The lowest BCUT2D eigenvalue weighted by atomic mass is 9.97. The quantitative estimate of drug-likeness (QED) is 0.621. The first kappa shape index (κ1) is 24.4. The number of nitrogens with one attached hydrogen (secondary N) is 1. The van der Waals surface area contributed by atoms with Gasteiger partial charge in [-0.2, -0.15) is 0 Å². The van der Waals surface area contributed by atoms with Crippen molar-refractivity contribution < 1.29 is 22.7 Å². The summed E-state index contributed by atoms with van der Waals surface area (Å²) in [5, 5.41) is 3.50. The van der Waals surface area contributed by atoms with Crippen LogP contribution in [0.15, 0.2) is 42.5 Å². The van der Waals surface area contributed by atoms with Crippen LogP contribution in [0.5, 0.6) is 11.5 Å². The lowest BCUT2D eigenvalue weighted by molar-refractivity contribution is -0.126. The van der Waals surface area contributed by atoms with Gasteiger partial charge >= 0.3 is 0 Å². The van der Waals surface area contributed by atoms with Gasteiger partial charge in [0, 0.05) is 23.7 Å². The number of rotatable bonds is 8. The molecule has 2 aromatic rings. The monoisotopic (exact) mass is 480 g/mol. The van der Waals surface area contributed by atoms with Crippen LogP contribution in [0.25, 0.3) is 0 Å². The number of sulfonamides is 1. The molecule has 3 rings (SSSR count). The van der Waals surface area contributed by atoms with Crippen LogP contribution in [0, 0.1) is 5.92 Å². The molecule has 174 valence electrons. The fourth-order valence-electron chi connectivity index (χ4n) is 3.92. The van der Waals surface area contributed by atoms with Crippen LogP contribution in [-0.4, -0.2) is 45.9 Å². The number of ether oxygens (including phenoxy) is 2. The van der Waals surface area contributed by atoms with Gasteiger partial charge in [0.25, 0.3) is 0 Å². The second-order valence-electron chi connectivity index (χ2n) is 7.92. The van der Waals surface area contributed by atoms with E-state index in [1.807, 2.05) is 13.0 Å². The summed E-state index contributed by atoms with van der Waals surface area (Å²) in [6.45, 7) is 2.44. The standard InChI is InChI=1S/C23H29ClN2O5S/c1-16(21-13-20(30-2)9-10-22(21)31-3)25-23(27)18-7-5-11-26(14-18)32(28,29)15-17-6-4-8-19(24)12-17/h4,6,8-10,12-13,16,18H,5,7,11,14-15H2,1-3H3,(H,25,27)/t16-,18+/m1/s1. The Hall–Kier alpha value is -2.29. The number of carbonyl (C=O) groups excluding carboxylic acids is 1. The molecule has 9 heteroatoms. The summed E-state index contributed by atoms with van der Waals surface area (Å²) in [7, 11) is -0.410. The minimum atomic E-state index is -3.56. The maximum atomic E-state index is 13.0. The predicted molar refractivity (Wildman–Crippen MR) is 124 cm³/mol. The van der Waals surface area contributed by atoms with Crippen molar-refractivity contribution in [3.05, 3.63) is 58.6 Å². The van der Waals surface area contributed by atoms with Crippen molar-refractivity contribution >= 4 is 27.5 Å². The van der Waals surface area contributed by atoms with Crippen LogP contribution in [0.3, 0.4) is 0 Å². The van der Waals surface area contributed by atoms with Gasteiger partial charge in [-0.1, -0.05) is 23.7 Å². The third kappa shape index (κ3) is 5.94. The zero-order valence-electron chi connectivity index (χ0n) is 18.5. The molecule has 1 heterocycles. The van der Waals surface area contributed by atoms with Crippen molar-refractivity contribution in [1.29, 1.82) is 0 Å². The van der Waals surface area contributed by atoms with Gasteiger partial charge in [-0.15, -0.1) is 0 Å². The van der Waals surface area contributed by atoms with E-state index >= 15 is 0 Å². The maximum Gasteiger partial charge on any atom is 0.224 e. The fraction of sp³-hybridized carbons (Fsp3) is 0.435. The van der Waals surface area contributed by atoms with Crippen molar-refractivity contribution in [3.63, 3.8) is 0 Å². The molecule has 0 spiro atoms. The number of piperidine rings is 1. The summed E-state index contributed by atoms with van der Waals surface area (Å²) in [6, 6.07) is 11.9. The van der Waals surface area contributed by atoms with E-state index in [9.17, 15) is 13.2 Å². The number of halogens is 1. The lowest BCUT2D eigenvalue weighted by Gasteiger charge is -2.32. The van der Waals surface area contributed by atoms with Crippen molar-refractivity contribution in [2.45, 2.75) is 31.6 Å². The van der Waals surface area contributed by atoms with Crippen LogP contribution in [-0.2, 0) is 20.6 Å². The molecule has 1 N–H and O–H groups in total. The van der Waals surface area contributed by atoms with Crippen molar-refractivity contribution in [2.24, 2.45) is 5.92 Å². The summed E-state index contributed by atoms with van der Waals surface area (Å²) >= 11 is 5.99. The van der Waals surface area contributed by atoms with Crippen molar-refractivity contribution in [1.82, 2.24) is 9.62 Å². The minimum absolute atomic E-state index is 0.140. The van der Waals surface area contributed by atoms with Crippen LogP contribution < -0.4 is 14.8 Å². The second-order valence-corrected chi connectivity index (χ2v) is 10.3. The third-order valence-electron chi connectivity index (χ3n) is 5.65. The van der Waals surface area contributed by atoms with E-state index < -0.39 is 15.9 Å². The van der Waals surface area contributed by atoms with Crippen LogP contribution in [0.1, 0.15) is 36.9 Å². The van der Waals surface area contributed by atoms with E-state index in [4.69, 9.17) is 21.1 Å². The van der Waals surface area contributed by atoms with Gasteiger partial charge in [-0.05, 0) is 55.7 Å². The minimum Gasteiger partial charge on any atom is -0.497 e. The van der Waals surface area contributed by atoms with Crippen molar-refractivity contribution in [2.75, 3.05) is 27.3 Å². The molecule has 1 amide bonds. The molecule has 0 aliphatic carbocycles. The fourth-order valence-corrected chi connectivity index (χ4v) is 5.74. The summed E-state index contributed by atoms with van der Waals surface area (Å²) in [5.41, 5.74) is 1.42. The van der Waals surface area contributed by atoms with E-state index in [2.05, 4.69) is 5.32 Å². The first-order valence-electron chi connectivity index (χ1n) is 10.5. The summed E-state index contributed by atoms with van der Waals surface area (Å²) < 4.78 is 38.0. The van der Waals surface area contributed by atoms with Crippen LogP contribution in [0.2, 0.25) is 5.02 Å². The van der Waals surface area contributed by atoms with Gasteiger partial charge in [0.1, 0.15) is 11.5 Å². The molecule has 0 radical (unpaired) electrons. The zero-order valence-corrected chi connectivity index (χ0v) is 20.1. The molecule has 0 unspecified atom stereocenters. The molecule has 1 aliphatic rings. The molecule has 1 fully saturated rings. The van der Waals surface area contributed by atoms with Gasteiger partial charge in [-0.25, -0.2) is 12.7 Å². The SMILES string of the molecule is COc1ccc(OC)c([C@@H](C)NC(=O)[C@H]2CCCN(S(=O)(=O)Cc3cccc(Cl)c3)C2)c1. The Balaban J connectivity index is 1.68. The average molecular weight is 481 g/mol. The van der Waals surface area contributed by atoms with Crippen LogP contribution in [0.4, 0.5) is 0 Å². The van der Waals surface area contributed by atoms with Crippen LogP contribution >= 0.6 is 11.6 Å². The Kier molecular flexibility index (Phi) is 8.03. The number of nitrogens with zero attached hydrogens (tertiary/aromatic N) is 1. The highest BCUT2D eigenvalue weighted by Gasteiger charge is 2.33. The molecule has 1 aliphatic heterocycles. The maximum absolute atomic E-state index is 13.0. The van der Waals surface area contributed by atoms with Gasteiger partial charge < -0.3 is 14.8 Å². The number of hydrogen-bond acceptors (Lipinski definition) is 5. The number of carbonyl (C=O) groups is 1. The molecular formula is C23H29ClN2O5S. The summed E-state index contributed by atoms with van der Waals surface area (Å²) in [4.78, 5) is 13.0. The smallest absolute Gasteiger partial charge is 0.224 e. The molecule has 1 saturated heterocycles. The normalized spacial score (nSPS) is 18.1. The Morgan fingerprint density at radius 2 is 2.00 bits per heavy atom. The highest BCUT2D eigenvalue weighted by Crippen LogP contribution is 2.30. The number of amides is 1. The number of methoxy groups -OCH3 is 2. The molecule has 2 atom stereocenters. The molecule has 2 aromatic carbocycles. The van der Waals surface area contributed by atoms with Gasteiger partial charge in [-0.3, -0.25) is 4.79 Å². The Bertz CT molecular complexity index is 1060. The molecular weight excluding hydrogens is 452 g/mol. The topological polar surface area (TPSA) is 84.9 Å². The largest absolute Gasteiger partial charge is 0.497 e. The van der Waals surface area contributed by atoms with E-state index in [0.717, 1.165) is 5.56 Å².